The summed E-state index contributed by atoms with van der Waals surface area (Å²) in [6.45, 7) is 9.15. The minimum Gasteiger partial charge on any atom is -0.448 e. The van der Waals surface area contributed by atoms with E-state index in [9.17, 15) is 9.59 Å². The lowest BCUT2D eigenvalue weighted by Gasteiger charge is -2.21. The number of anilines is 3. The van der Waals surface area contributed by atoms with Gasteiger partial charge in [-0.15, -0.1) is 4.68 Å². The van der Waals surface area contributed by atoms with E-state index in [0.717, 1.165) is 18.5 Å². The Morgan fingerprint density at radius 1 is 1.23 bits per heavy atom. The Kier molecular flexibility index (Phi) is 5.87. The number of hydrogen-bond donors (Lipinski definition) is 3. The largest absolute Gasteiger partial charge is 0.448 e. The van der Waals surface area contributed by atoms with E-state index in [1.165, 1.54) is 4.68 Å². The van der Waals surface area contributed by atoms with Crippen molar-refractivity contribution in [1.29, 1.82) is 0 Å². The second-order valence-corrected chi connectivity index (χ2v) is 9.18. The van der Waals surface area contributed by atoms with Crippen molar-refractivity contribution >= 4 is 40.7 Å². The van der Waals surface area contributed by atoms with E-state index in [1.807, 2.05) is 26.0 Å². The summed E-state index contributed by atoms with van der Waals surface area (Å²) >= 11 is 0. The van der Waals surface area contributed by atoms with E-state index in [4.69, 9.17) is 9.72 Å². The van der Waals surface area contributed by atoms with Gasteiger partial charge in [-0.3, -0.25) is 0 Å². The number of fused-ring (bicyclic) bond motifs is 2. The zero-order valence-corrected chi connectivity index (χ0v) is 20.1. The second-order valence-electron chi connectivity index (χ2n) is 9.18. The maximum Gasteiger partial charge on any atom is 0.436 e. The standard InChI is InChI=1S/C23H29N9O3/c1-5-35-23(34)32-17(9-13(4)30-32)26-20-14-7-6-8-24-19(14)28-21(29-20)31-10-15-16(11-31)18(15)27-22(33)25-12(2)3/h6-9,12,15-16,18H,5,10-11H2,1-4H3,(H2,25,27,33)(H,24,26,28,29)/t15-,16+,18?. The molecule has 3 atom stereocenters. The van der Waals surface area contributed by atoms with Gasteiger partial charge in [-0.1, -0.05) is 0 Å². The Morgan fingerprint density at radius 3 is 2.71 bits per heavy atom. The van der Waals surface area contributed by atoms with Crippen molar-refractivity contribution < 1.29 is 14.3 Å². The molecule has 0 bridgehead atoms. The van der Waals surface area contributed by atoms with Crippen LogP contribution in [0.25, 0.3) is 11.0 Å². The summed E-state index contributed by atoms with van der Waals surface area (Å²) in [5.41, 5.74) is 1.21. The third-order valence-corrected chi connectivity index (χ3v) is 6.17. The van der Waals surface area contributed by atoms with Crippen molar-refractivity contribution in [3.05, 3.63) is 30.1 Å². The summed E-state index contributed by atoms with van der Waals surface area (Å²) in [6, 6.07) is 5.58. The molecule has 4 heterocycles. The lowest BCUT2D eigenvalue weighted by atomic mass is 10.3. The molecule has 5 rings (SSSR count). The number of aryl methyl sites for hydroxylation is 1. The summed E-state index contributed by atoms with van der Waals surface area (Å²) in [5.74, 6) is 2.24. The molecular formula is C23H29N9O3. The van der Waals surface area contributed by atoms with Crippen LogP contribution in [0.1, 0.15) is 26.5 Å². The molecule has 2 fully saturated rings. The maximum atomic E-state index is 12.4. The number of nitrogens with zero attached hydrogens (tertiary/aromatic N) is 6. The van der Waals surface area contributed by atoms with E-state index >= 15 is 0 Å². The number of ether oxygens (including phenoxy) is 1. The lowest BCUT2D eigenvalue weighted by Crippen LogP contribution is -2.43. The van der Waals surface area contributed by atoms with E-state index in [0.29, 0.717) is 40.8 Å². The molecule has 2 aliphatic rings. The molecule has 0 spiro atoms. The van der Waals surface area contributed by atoms with Gasteiger partial charge >= 0.3 is 12.1 Å². The first kappa shape index (κ1) is 22.8. The molecule has 3 N–H and O–H groups in total. The highest BCUT2D eigenvalue weighted by Gasteiger charge is 2.57. The Balaban J connectivity index is 1.37. The number of aromatic nitrogens is 5. The lowest BCUT2D eigenvalue weighted by molar-refractivity contribution is 0.151. The van der Waals surface area contributed by atoms with Crippen LogP contribution in [-0.4, -0.2) is 68.6 Å². The Labute approximate surface area is 202 Å². The normalized spacial score (nSPS) is 20.6. The SMILES string of the molecule is CCOC(=O)n1nc(C)cc1Nc1nc(N2C[C@@H]3C(NC(=O)NC(C)C)[C@@H]3C2)nc2ncccc12. The Morgan fingerprint density at radius 2 is 2.00 bits per heavy atom. The molecule has 1 aliphatic heterocycles. The predicted octanol–water partition coefficient (Wildman–Crippen LogP) is 2.42. The highest BCUT2D eigenvalue weighted by Crippen LogP contribution is 2.46. The fraction of sp³-hybridized carbons (Fsp3) is 0.478. The van der Waals surface area contributed by atoms with Crippen molar-refractivity contribution in [2.75, 3.05) is 29.9 Å². The van der Waals surface area contributed by atoms with Crippen molar-refractivity contribution in [3.63, 3.8) is 0 Å². The van der Waals surface area contributed by atoms with Crippen molar-refractivity contribution in [2.45, 2.75) is 39.8 Å². The van der Waals surface area contributed by atoms with E-state index in [1.54, 1.807) is 26.1 Å². The van der Waals surface area contributed by atoms with Crippen molar-refractivity contribution in [3.8, 4) is 0 Å². The van der Waals surface area contributed by atoms with Crippen LogP contribution in [0.3, 0.4) is 0 Å². The molecule has 1 aliphatic carbocycles. The zero-order valence-electron chi connectivity index (χ0n) is 20.1. The molecule has 184 valence electrons. The molecule has 0 aromatic carbocycles. The third-order valence-electron chi connectivity index (χ3n) is 6.17. The quantitative estimate of drug-likeness (QED) is 0.486. The van der Waals surface area contributed by atoms with Crippen LogP contribution < -0.4 is 20.9 Å². The summed E-state index contributed by atoms with van der Waals surface area (Å²) in [7, 11) is 0. The minimum atomic E-state index is -0.570. The molecule has 12 heteroatoms. The Bertz CT molecular complexity index is 1260. The van der Waals surface area contributed by atoms with Gasteiger partial charge in [0.1, 0.15) is 11.6 Å². The van der Waals surface area contributed by atoms with E-state index in [2.05, 4.69) is 35.9 Å². The molecule has 12 nitrogen and oxygen atoms in total. The predicted molar refractivity (Wildman–Crippen MR) is 130 cm³/mol. The average Bonchev–Trinajstić information content (AvgIpc) is 3.13. The first-order chi connectivity index (χ1) is 16.8. The van der Waals surface area contributed by atoms with Gasteiger partial charge in [0.05, 0.1) is 17.7 Å². The molecule has 1 unspecified atom stereocenters. The van der Waals surface area contributed by atoms with Crippen LogP contribution in [-0.2, 0) is 4.74 Å². The highest BCUT2D eigenvalue weighted by atomic mass is 16.6. The van der Waals surface area contributed by atoms with Gasteiger partial charge in [0, 0.05) is 49.3 Å². The number of nitrogens with one attached hydrogen (secondary N) is 3. The van der Waals surface area contributed by atoms with Crippen LogP contribution in [0.15, 0.2) is 24.4 Å². The van der Waals surface area contributed by atoms with Gasteiger partial charge in [0.25, 0.3) is 0 Å². The van der Waals surface area contributed by atoms with Crippen LogP contribution in [0, 0.1) is 18.8 Å². The average molecular weight is 480 g/mol. The zero-order chi connectivity index (χ0) is 24.7. The number of amides is 2. The molecule has 3 aromatic rings. The number of hydrogen-bond acceptors (Lipinski definition) is 9. The summed E-state index contributed by atoms with van der Waals surface area (Å²) in [5, 5.41) is 14.1. The topological polar surface area (TPSA) is 139 Å². The Hall–Kier alpha value is -3.96. The molecule has 1 saturated heterocycles. The molecule has 1 saturated carbocycles. The fourth-order valence-corrected chi connectivity index (χ4v) is 4.58. The highest BCUT2D eigenvalue weighted by molar-refractivity contribution is 5.90. The number of carbonyl (C=O) groups is 2. The van der Waals surface area contributed by atoms with Crippen molar-refractivity contribution in [2.24, 2.45) is 11.8 Å². The van der Waals surface area contributed by atoms with Gasteiger partial charge in [0.2, 0.25) is 5.95 Å². The van der Waals surface area contributed by atoms with Gasteiger partial charge in [0.15, 0.2) is 5.65 Å². The molecular weight excluding hydrogens is 450 g/mol. The van der Waals surface area contributed by atoms with Crippen LogP contribution in [0.5, 0.6) is 0 Å². The summed E-state index contributed by atoms with van der Waals surface area (Å²) in [4.78, 5) is 40.4. The molecule has 3 aromatic heterocycles. The minimum absolute atomic E-state index is 0.0958. The first-order valence-corrected chi connectivity index (χ1v) is 11.8. The van der Waals surface area contributed by atoms with Gasteiger partial charge in [-0.2, -0.15) is 15.1 Å². The van der Waals surface area contributed by atoms with Crippen LogP contribution >= 0.6 is 0 Å². The number of piperidine rings is 1. The van der Waals surface area contributed by atoms with Gasteiger partial charge < -0.3 is 25.6 Å². The monoisotopic (exact) mass is 479 g/mol. The van der Waals surface area contributed by atoms with Gasteiger partial charge in [-0.25, -0.2) is 14.6 Å². The smallest absolute Gasteiger partial charge is 0.436 e. The van der Waals surface area contributed by atoms with Crippen LogP contribution in [0.4, 0.5) is 27.2 Å². The number of rotatable bonds is 6. The molecule has 35 heavy (non-hydrogen) atoms. The summed E-state index contributed by atoms with van der Waals surface area (Å²) < 4.78 is 6.31. The second kappa shape index (κ2) is 9.01. The van der Waals surface area contributed by atoms with Crippen molar-refractivity contribution in [1.82, 2.24) is 35.4 Å². The van der Waals surface area contributed by atoms with Crippen LogP contribution in [0.2, 0.25) is 0 Å². The number of urea groups is 1. The van der Waals surface area contributed by atoms with E-state index < -0.39 is 6.09 Å². The van der Waals surface area contributed by atoms with Gasteiger partial charge in [-0.05, 0) is 39.8 Å². The maximum absolute atomic E-state index is 12.4. The van der Waals surface area contributed by atoms with E-state index in [-0.39, 0.29) is 24.7 Å². The summed E-state index contributed by atoms with van der Waals surface area (Å²) in [6.07, 6.45) is 1.12. The first-order valence-electron chi connectivity index (χ1n) is 11.8. The number of carbonyl (C=O) groups excluding carboxylic acids is 2. The molecule has 2 amide bonds. The fourth-order valence-electron chi connectivity index (χ4n) is 4.58. The number of pyridine rings is 1. The molecule has 0 radical (unpaired) electrons. The third kappa shape index (κ3) is 4.55.